The van der Waals surface area contributed by atoms with Crippen molar-refractivity contribution in [3.05, 3.63) is 0 Å². The first-order chi connectivity index (χ1) is 4.87. The number of hydrogen-bond acceptors (Lipinski definition) is 2. The second kappa shape index (κ2) is 3.72. The highest BCUT2D eigenvalue weighted by Crippen LogP contribution is 1.99. The third-order valence-electron chi connectivity index (χ3n) is 1.27. The van der Waals surface area contributed by atoms with Gasteiger partial charge < -0.3 is 11.1 Å². The fraction of sp³-hybridized carbons (Fsp3) is 0.875. The molecule has 0 saturated carbocycles. The molecular weight excluding hydrogens is 140 g/mol. The molecule has 0 aliphatic rings. The molecule has 3 nitrogen and oxygen atoms in total. The van der Waals surface area contributed by atoms with Crippen LogP contribution in [0.15, 0.2) is 0 Å². The fourth-order valence-electron chi connectivity index (χ4n) is 0.648. The van der Waals surface area contributed by atoms with Crippen molar-refractivity contribution in [3.8, 4) is 0 Å². The Morgan fingerprint density at radius 3 is 2.27 bits per heavy atom. The number of hydrogen-bond donors (Lipinski definition) is 2. The van der Waals surface area contributed by atoms with Crippen molar-refractivity contribution >= 4 is 5.91 Å². The van der Waals surface area contributed by atoms with E-state index in [2.05, 4.69) is 5.32 Å². The Morgan fingerprint density at radius 2 is 2.00 bits per heavy atom. The van der Waals surface area contributed by atoms with Gasteiger partial charge in [-0.25, -0.2) is 0 Å². The topological polar surface area (TPSA) is 55.1 Å². The first kappa shape index (κ1) is 10.4. The Kier molecular flexibility index (Phi) is 3.52. The van der Waals surface area contributed by atoms with Gasteiger partial charge in [-0.1, -0.05) is 6.92 Å². The average Bonchev–Trinajstić information content (AvgIpc) is 1.82. The minimum atomic E-state index is -0.366. The van der Waals surface area contributed by atoms with Crippen molar-refractivity contribution in [2.75, 3.05) is 0 Å². The molecule has 3 heteroatoms. The van der Waals surface area contributed by atoms with Gasteiger partial charge in [0.15, 0.2) is 0 Å². The van der Waals surface area contributed by atoms with Gasteiger partial charge in [-0.2, -0.15) is 0 Å². The second-order valence-corrected chi connectivity index (χ2v) is 3.75. The molecule has 0 saturated heterocycles. The van der Waals surface area contributed by atoms with Crippen molar-refractivity contribution < 1.29 is 4.79 Å². The number of rotatable bonds is 2. The lowest BCUT2D eigenvalue weighted by atomic mass is 10.1. The minimum Gasteiger partial charge on any atom is -0.350 e. The summed E-state index contributed by atoms with van der Waals surface area (Å²) in [5.41, 5.74) is 5.33. The summed E-state index contributed by atoms with van der Waals surface area (Å²) in [7, 11) is 0. The van der Waals surface area contributed by atoms with Crippen molar-refractivity contribution in [2.24, 2.45) is 5.73 Å². The van der Waals surface area contributed by atoms with E-state index < -0.39 is 0 Å². The zero-order valence-electron chi connectivity index (χ0n) is 7.77. The highest BCUT2D eigenvalue weighted by molar-refractivity contribution is 5.81. The van der Waals surface area contributed by atoms with Crippen LogP contribution in [-0.4, -0.2) is 17.5 Å². The third kappa shape index (κ3) is 4.79. The van der Waals surface area contributed by atoms with E-state index >= 15 is 0 Å². The number of carbonyl (C=O) groups excluding carboxylic acids is 1. The van der Waals surface area contributed by atoms with Crippen LogP contribution in [0.2, 0.25) is 0 Å². The monoisotopic (exact) mass is 158 g/mol. The normalized spacial score (nSPS) is 14.3. The number of nitrogens with one attached hydrogen (secondary N) is 1. The lowest BCUT2D eigenvalue weighted by Gasteiger charge is -2.22. The SMILES string of the molecule is CCC(N)C(=O)NC(C)(C)C. The predicted molar refractivity (Wildman–Crippen MR) is 46.2 cm³/mol. The van der Waals surface area contributed by atoms with Gasteiger partial charge in [-0.15, -0.1) is 0 Å². The summed E-state index contributed by atoms with van der Waals surface area (Å²) in [5, 5.41) is 2.81. The molecule has 66 valence electrons. The van der Waals surface area contributed by atoms with Crippen LogP contribution in [0.25, 0.3) is 0 Å². The predicted octanol–water partition coefficient (Wildman–Crippen LogP) is 0.638. The molecule has 1 unspecified atom stereocenters. The molecule has 0 heterocycles. The zero-order chi connectivity index (χ0) is 9.07. The molecule has 0 bridgehead atoms. The zero-order valence-corrected chi connectivity index (χ0v) is 7.77. The van der Waals surface area contributed by atoms with Gasteiger partial charge in [-0.05, 0) is 27.2 Å². The maximum absolute atomic E-state index is 11.2. The van der Waals surface area contributed by atoms with E-state index in [4.69, 9.17) is 5.73 Å². The Bertz CT molecular complexity index is 138. The molecule has 3 N–H and O–H groups in total. The fourth-order valence-corrected chi connectivity index (χ4v) is 0.648. The van der Waals surface area contributed by atoms with Crippen molar-refractivity contribution in [2.45, 2.75) is 45.7 Å². The molecule has 11 heavy (non-hydrogen) atoms. The van der Waals surface area contributed by atoms with Crippen LogP contribution in [0.1, 0.15) is 34.1 Å². The van der Waals surface area contributed by atoms with Crippen LogP contribution in [0.3, 0.4) is 0 Å². The van der Waals surface area contributed by atoms with Gasteiger partial charge in [0.2, 0.25) is 5.91 Å². The largest absolute Gasteiger partial charge is 0.350 e. The van der Waals surface area contributed by atoms with Crippen LogP contribution < -0.4 is 11.1 Å². The molecule has 0 aromatic heterocycles. The first-order valence-corrected chi connectivity index (χ1v) is 3.94. The molecule has 0 aromatic carbocycles. The van der Waals surface area contributed by atoms with E-state index in [1.54, 1.807) is 0 Å². The molecule has 0 radical (unpaired) electrons. The molecule has 1 amide bonds. The summed E-state index contributed by atoms with van der Waals surface area (Å²) in [6, 6.07) is -0.366. The van der Waals surface area contributed by atoms with Gasteiger partial charge in [0, 0.05) is 5.54 Å². The summed E-state index contributed by atoms with van der Waals surface area (Å²) in [5.74, 6) is -0.0694. The highest BCUT2D eigenvalue weighted by Gasteiger charge is 2.17. The maximum Gasteiger partial charge on any atom is 0.237 e. The van der Waals surface area contributed by atoms with E-state index in [9.17, 15) is 4.79 Å². The Labute approximate surface area is 68.3 Å². The lowest BCUT2D eigenvalue weighted by molar-refractivity contribution is -0.123. The van der Waals surface area contributed by atoms with Gasteiger partial charge in [-0.3, -0.25) is 4.79 Å². The maximum atomic E-state index is 11.2. The van der Waals surface area contributed by atoms with Crippen molar-refractivity contribution in [3.63, 3.8) is 0 Å². The molecule has 0 aliphatic heterocycles. The van der Waals surface area contributed by atoms with Crippen molar-refractivity contribution in [1.82, 2.24) is 5.32 Å². The van der Waals surface area contributed by atoms with Crippen LogP contribution in [0, 0.1) is 0 Å². The van der Waals surface area contributed by atoms with Crippen LogP contribution in [-0.2, 0) is 4.79 Å². The molecular formula is C8H18N2O. The number of carbonyl (C=O) groups is 1. The van der Waals surface area contributed by atoms with E-state index in [-0.39, 0.29) is 17.5 Å². The number of nitrogens with two attached hydrogens (primary N) is 1. The lowest BCUT2D eigenvalue weighted by Crippen LogP contribution is -2.48. The standard InChI is InChI=1S/C8H18N2O/c1-5-6(9)7(11)10-8(2,3)4/h6H,5,9H2,1-4H3,(H,10,11). The Balaban J connectivity index is 3.88. The highest BCUT2D eigenvalue weighted by atomic mass is 16.2. The van der Waals surface area contributed by atoms with Crippen molar-refractivity contribution in [1.29, 1.82) is 0 Å². The van der Waals surface area contributed by atoms with Crippen LogP contribution in [0.5, 0.6) is 0 Å². The molecule has 0 aliphatic carbocycles. The third-order valence-corrected chi connectivity index (χ3v) is 1.27. The molecule has 0 spiro atoms. The summed E-state index contributed by atoms with van der Waals surface area (Å²) < 4.78 is 0. The van der Waals surface area contributed by atoms with Gasteiger partial charge in [0.05, 0.1) is 6.04 Å². The quantitative estimate of drug-likeness (QED) is 0.619. The van der Waals surface area contributed by atoms with E-state index in [1.807, 2.05) is 27.7 Å². The van der Waals surface area contributed by atoms with E-state index in [0.29, 0.717) is 6.42 Å². The van der Waals surface area contributed by atoms with E-state index in [1.165, 1.54) is 0 Å². The Morgan fingerprint density at radius 1 is 1.55 bits per heavy atom. The van der Waals surface area contributed by atoms with Crippen LogP contribution in [0.4, 0.5) is 0 Å². The molecule has 1 atom stereocenters. The van der Waals surface area contributed by atoms with Gasteiger partial charge in [0.1, 0.15) is 0 Å². The van der Waals surface area contributed by atoms with Gasteiger partial charge >= 0.3 is 0 Å². The summed E-state index contributed by atoms with van der Waals surface area (Å²) >= 11 is 0. The molecule has 0 fully saturated rings. The molecule has 0 aromatic rings. The van der Waals surface area contributed by atoms with Gasteiger partial charge in [0.25, 0.3) is 0 Å². The van der Waals surface area contributed by atoms with E-state index in [0.717, 1.165) is 0 Å². The first-order valence-electron chi connectivity index (χ1n) is 3.94. The average molecular weight is 158 g/mol. The Hall–Kier alpha value is -0.570. The summed E-state index contributed by atoms with van der Waals surface area (Å²) in [6.07, 6.45) is 0.682. The smallest absolute Gasteiger partial charge is 0.237 e. The minimum absolute atomic E-state index is 0.0694. The van der Waals surface area contributed by atoms with Crippen LogP contribution >= 0.6 is 0 Å². The molecule has 0 rings (SSSR count). The number of amides is 1. The second-order valence-electron chi connectivity index (χ2n) is 3.75. The summed E-state index contributed by atoms with van der Waals surface area (Å²) in [6.45, 7) is 7.71. The summed E-state index contributed by atoms with van der Waals surface area (Å²) in [4.78, 5) is 11.2.